The van der Waals surface area contributed by atoms with Crippen molar-refractivity contribution < 1.29 is 14.2 Å². The van der Waals surface area contributed by atoms with E-state index in [1.165, 1.54) is 6.07 Å². The second-order valence-electron chi connectivity index (χ2n) is 6.35. The fourth-order valence-corrected chi connectivity index (χ4v) is 3.21. The Morgan fingerprint density at radius 2 is 2.23 bits per heavy atom. The standard InChI is InChI=1S/C18H27ClFN3O2.HI/c1-2-21-17(23-12-18(7-10-24)8-11-25-13-18)22-9-6-14-15(19)4-3-5-16(14)20;/h3-5,24H,2,6-13H2,1H3,(H2,21,22,23);1H. The van der Waals surface area contributed by atoms with Crippen LogP contribution in [0.5, 0.6) is 0 Å². The number of guanidine groups is 1. The molecule has 0 amide bonds. The quantitative estimate of drug-likeness (QED) is 0.292. The van der Waals surface area contributed by atoms with E-state index in [0.29, 0.717) is 55.7 Å². The minimum absolute atomic E-state index is 0. The van der Waals surface area contributed by atoms with Gasteiger partial charge in [0.1, 0.15) is 5.82 Å². The number of hydrogen-bond acceptors (Lipinski definition) is 3. The van der Waals surface area contributed by atoms with Crippen LogP contribution >= 0.6 is 35.6 Å². The minimum atomic E-state index is -0.291. The minimum Gasteiger partial charge on any atom is -0.396 e. The molecule has 0 aromatic heterocycles. The Balaban J connectivity index is 0.00000338. The molecule has 1 unspecified atom stereocenters. The van der Waals surface area contributed by atoms with Crippen molar-refractivity contribution in [2.75, 3.05) is 39.5 Å². The van der Waals surface area contributed by atoms with Gasteiger partial charge in [-0.05, 0) is 38.3 Å². The Hall–Kier alpha value is -0.640. The molecule has 1 aromatic carbocycles. The predicted molar refractivity (Wildman–Crippen MR) is 114 cm³/mol. The second kappa shape index (κ2) is 11.9. The van der Waals surface area contributed by atoms with Gasteiger partial charge in [-0.15, -0.1) is 24.0 Å². The summed E-state index contributed by atoms with van der Waals surface area (Å²) in [5, 5.41) is 16.1. The topological polar surface area (TPSA) is 65.9 Å². The van der Waals surface area contributed by atoms with Gasteiger partial charge in [0.25, 0.3) is 0 Å². The van der Waals surface area contributed by atoms with Crippen molar-refractivity contribution in [3.63, 3.8) is 0 Å². The van der Waals surface area contributed by atoms with Gasteiger partial charge in [0.2, 0.25) is 0 Å². The van der Waals surface area contributed by atoms with Crippen molar-refractivity contribution >= 4 is 41.5 Å². The van der Waals surface area contributed by atoms with Crippen molar-refractivity contribution in [1.82, 2.24) is 10.6 Å². The smallest absolute Gasteiger partial charge is 0.191 e. The first-order valence-electron chi connectivity index (χ1n) is 8.74. The van der Waals surface area contributed by atoms with Crippen LogP contribution in [0.2, 0.25) is 5.02 Å². The summed E-state index contributed by atoms with van der Waals surface area (Å²) in [6, 6.07) is 4.71. The molecule has 1 aliphatic rings. The maximum Gasteiger partial charge on any atom is 0.191 e. The molecule has 5 nitrogen and oxygen atoms in total. The summed E-state index contributed by atoms with van der Waals surface area (Å²) in [5.41, 5.74) is 0.417. The molecule has 26 heavy (non-hydrogen) atoms. The van der Waals surface area contributed by atoms with Crippen molar-refractivity contribution in [2.45, 2.75) is 26.2 Å². The maximum absolute atomic E-state index is 13.8. The van der Waals surface area contributed by atoms with Gasteiger partial charge in [-0.3, -0.25) is 4.99 Å². The summed E-state index contributed by atoms with van der Waals surface area (Å²) in [7, 11) is 0. The number of benzene rings is 1. The SMILES string of the molecule is CCNC(=NCC1(CCO)CCOC1)NCCc1c(F)cccc1Cl.I. The Labute approximate surface area is 176 Å². The lowest BCUT2D eigenvalue weighted by molar-refractivity contribution is 0.131. The summed E-state index contributed by atoms with van der Waals surface area (Å²) >= 11 is 6.06. The number of aliphatic hydroxyl groups excluding tert-OH is 1. The molecule has 0 spiro atoms. The number of nitrogens with zero attached hydrogens (tertiary/aromatic N) is 1. The zero-order chi connectivity index (χ0) is 18.1. The molecule has 2 rings (SSSR count). The van der Waals surface area contributed by atoms with Crippen LogP contribution in [0.25, 0.3) is 0 Å². The lowest BCUT2D eigenvalue weighted by Gasteiger charge is -2.24. The molecule has 0 radical (unpaired) electrons. The second-order valence-corrected chi connectivity index (χ2v) is 6.76. The normalized spacial score (nSPS) is 19.9. The van der Waals surface area contributed by atoms with E-state index in [2.05, 4.69) is 15.6 Å². The molecule has 0 bridgehead atoms. The number of rotatable bonds is 8. The van der Waals surface area contributed by atoms with Gasteiger partial charge in [-0.1, -0.05) is 17.7 Å². The van der Waals surface area contributed by atoms with E-state index in [-0.39, 0.29) is 41.8 Å². The zero-order valence-electron chi connectivity index (χ0n) is 15.1. The van der Waals surface area contributed by atoms with Gasteiger partial charge in [0.05, 0.1) is 13.2 Å². The molecule has 3 N–H and O–H groups in total. The van der Waals surface area contributed by atoms with E-state index >= 15 is 0 Å². The highest BCUT2D eigenvalue weighted by Gasteiger charge is 2.34. The monoisotopic (exact) mass is 499 g/mol. The summed E-state index contributed by atoms with van der Waals surface area (Å²) in [6.45, 7) is 5.31. The summed E-state index contributed by atoms with van der Waals surface area (Å²) in [4.78, 5) is 4.64. The van der Waals surface area contributed by atoms with Crippen LogP contribution in [0.15, 0.2) is 23.2 Å². The maximum atomic E-state index is 13.8. The van der Waals surface area contributed by atoms with Crippen molar-refractivity contribution in [1.29, 1.82) is 0 Å². The first-order valence-corrected chi connectivity index (χ1v) is 9.12. The van der Waals surface area contributed by atoms with E-state index in [1.54, 1.807) is 12.1 Å². The lowest BCUT2D eigenvalue weighted by atomic mass is 9.84. The average molecular weight is 500 g/mol. The molecule has 1 aliphatic heterocycles. The highest BCUT2D eigenvalue weighted by atomic mass is 127. The van der Waals surface area contributed by atoms with E-state index in [9.17, 15) is 9.50 Å². The van der Waals surface area contributed by atoms with Crippen molar-refractivity contribution in [3.05, 3.63) is 34.6 Å². The first kappa shape index (κ1) is 23.4. The third-order valence-corrected chi connectivity index (χ3v) is 4.83. The Bertz CT molecular complexity index is 563. The van der Waals surface area contributed by atoms with E-state index in [1.807, 2.05) is 6.92 Å². The number of halogens is 3. The molecule has 1 saturated heterocycles. The van der Waals surface area contributed by atoms with E-state index < -0.39 is 0 Å². The highest BCUT2D eigenvalue weighted by Crippen LogP contribution is 2.32. The van der Waals surface area contributed by atoms with Crippen LogP contribution in [-0.4, -0.2) is 50.5 Å². The fourth-order valence-electron chi connectivity index (χ4n) is 2.95. The van der Waals surface area contributed by atoms with Gasteiger partial charge < -0.3 is 20.5 Å². The van der Waals surface area contributed by atoms with Crippen molar-refractivity contribution in [3.8, 4) is 0 Å². The van der Waals surface area contributed by atoms with Crippen LogP contribution in [0.3, 0.4) is 0 Å². The summed E-state index contributed by atoms with van der Waals surface area (Å²) in [5.74, 6) is 0.389. The molecular formula is C18H28ClFIN3O2. The third kappa shape index (κ3) is 6.83. The molecule has 1 aromatic rings. The molecule has 148 valence electrons. The van der Waals surface area contributed by atoms with Crippen LogP contribution in [0.4, 0.5) is 4.39 Å². The Kier molecular flexibility index (Phi) is 10.7. The molecular weight excluding hydrogens is 472 g/mol. The number of ether oxygens (including phenoxy) is 1. The van der Waals surface area contributed by atoms with Gasteiger partial charge in [-0.2, -0.15) is 0 Å². The Morgan fingerprint density at radius 1 is 1.42 bits per heavy atom. The van der Waals surface area contributed by atoms with Crippen LogP contribution in [0, 0.1) is 11.2 Å². The highest BCUT2D eigenvalue weighted by molar-refractivity contribution is 14.0. The molecule has 0 aliphatic carbocycles. The molecule has 1 heterocycles. The molecule has 0 saturated carbocycles. The zero-order valence-corrected chi connectivity index (χ0v) is 18.1. The lowest BCUT2D eigenvalue weighted by Crippen LogP contribution is -2.39. The van der Waals surface area contributed by atoms with E-state index in [0.717, 1.165) is 13.0 Å². The van der Waals surface area contributed by atoms with Crippen molar-refractivity contribution in [2.24, 2.45) is 10.4 Å². The number of nitrogens with one attached hydrogen (secondary N) is 2. The third-order valence-electron chi connectivity index (χ3n) is 4.47. The Morgan fingerprint density at radius 3 is 2.85 bits per heavy atom. The largest absolute Gasteiger partial charge is 0.396 e. The molecule has 1 atom stereocenters. The number of aliphatic hydroxyl groups is 1. The van der Waals surface area contributed by atoms with Gasteiger partial charge in [0, 0.05) is 42.3 Å². The van der Waals surface area contributed by atoms with Crippen LogP contribution in [0.1, 0.15) is 25.3 Å². The van der Waals surface area contributed by atoms with Gasteiger partial charge >= 0.3 is 0 Å². The predicted octanol–water partition coefficient (Wildman–Crippen LogP) is 2.98. The van der Waals surface area contributed by atoms with Gasteiger partial charge in [-0.25, -0.2) is 4.39 Å². The van der Waals surface area contributed by atoms with Crippen LogP contribution in [-0.2, 0) is 11.2 Å². The van der Waals surface area contributed by atoms with E-state index in [4.69, 9.17) is 16.3 Å². The summed E-state index contributed by atoms with van der Waals surface area (Å²) < 4.78 is 19.3. The molecule has 1 fully saturated rings. The molecule has 8 heteroatoms. The fraction of sp³-hybridized carbons (Fsp3) is 0.611. The summed E-state index contributed by atoms with van der Waals surface area (Å²) in [6.07, 6.45) is 2.06. The van der Waals surface area contributed by atoms with Gasteiger partial charge in [0.15, 0.2) is 5.96 Å². The first-order chi connectivity index (χ1) is 12.1. The number of aliphatic imine (C=N–C) groups is 1. The average Bonchev–Trinajstić information content (AvgIpc) is 3.04. The number of hydrogen-bond donors (Lipinski definition) is 3. The van der Waals surface area contributed by atoms with Crippen LogP contribution < -0.4 is 10.6 Å².